The maximum atomic E-state index is 10.5. The van der Waals surface area contributed by atoms with Crippen LogP contribution in [0.4, 0.5) is 0 Å². The lowest BCUT2D eigenvalue weighted by molar-refractivity contribution is -0.107. The van der Waals surface area contributed by atoms with Crippen LogP contribution in [0.3, 0.4) is 0 Å². The average molecular weight is 313 g/mol. The summed E-state index contributed by atoms with van der Waals surface area (Å²) in [6.45, 7) is 3.47. The number of aryl methyl sites for hydroxylation is 1. The van der Waals surface area contributed by atoms with Crippen molar-refractivity contribution in [3.63, 3.8) is 0 Å². The zero-order valence-corrected chi connectivity index (χ0v) is 12.1. The molecular formula is C14H17BrO3. The number of benzene rings is 1. The van der Waals surface area contributed by atoms with Gasteiger partial charge >= 0.3 is 0 Å². The Bertz CT molecular complexity index is 443. The molecule has 0 saturated heterocycles. The molecule has 0 aromatic heterocycles. The first-order chi connectivity index (χ1) is 8.77. The first-order valence-corrected chi connectivity index (χ1v) is 7.10. The van der Waals surface area contributed by atoms with Crippen LogP contribution in [-0.2, 0) is 17.6 Å². The van der Waals surface area contributed by atoms with Crippen LogP contribution in [0.2, 0.25) is 0 Å². The van der Waals surface area contributed by atoms with E-state index in [0.29, 0.717) is 19.6 Å². The van der Waals surface area contributed by atoms with Gasteiger partial charge in [0.15, 0.2) is 11.5 Å². The maximum absolute atomic E-state index is 10.5. The number of carbonyl (C=O) groups excluding carboxylic acids is 1. The van der Waals surface area contributed by atoms with Gasteiger partial charge in [0, 0.05) is 18.4 Å². The van der Waals surface area contributed by atoms with Crippen molar-refractivity contribution in [2.24, 2.45) is 0 Å². The van der Waals surface area contributed by atoms with Crippen molar-refractivity contribution in [2.75, 3.05) is 13.2 Å². The van der Waals surface area contributed by atoms with E-state index in [0.717, 1.165) is 47.1 Å². The molecule has 18 heavy (non-hydrogen) atoms. The lowest BCUT2D eigenvalue weighted by atomic mass is 9.99. The van der Waals surface area contributed by atoms with Gasteiger partial charge < -0.3 is 14.3 Å². The summed E-state index contributed by atoms with van der Waals surface area (Å²) in [5.41, 5.74) is 2.33. The van der Waals surface area contributed by atoms with Crippen molar-refractivity contribution < 1.29 is 14.3 Å². The van der Waals surface area contributed by atoms with Crippen LogP contribution in [0.25, 0.3) is 0 Å². The van der Waals surface area contributed by atoms with Crippen LogP contribution in [0.15, 0.2) is 10.5 Å². The average Bonchev–Trinajstić information content (AvgIpc) is 2.62. The minimum Gasteiger partial charge on any atom is -0.489 e. The van der Waals surface area contributed by atoms with E-state index in [2.05, 4.69) is 28.9 Å². The molecule has 0 spiro atoms. The first kappa shape index (κ1) is 13.4. The standard InChI is InChI=1S/C14H17BrO3/c1-2-11-10(5-3-6-16)9-12(15)14-13(11)17-7-4-8-18-14/h6,9H,2-5,7-8H2,1H3. The third kappa shape index (κ3) is 2.69. The summed E-state index contributed by atoms with van der Waals surface area (Å²) in [6.07, 6.45) is 4.03. The van der Waals surface area contributed by atoms with Gasteiger partial charge in [-0.1, -0.05) is 6.92 Å². The van der Waals surface area contributed by atoms with Gasteiger partial charge in [-0.2, -0.15) is 0 Å². The predicted octanol–water partition coefficient (Wildman–Crippen LogP) is 3.30. The van der Waals surface area contributed by atoms with Crippen molar-refractivity contribution in [1.82, 2.24) is 0 Å². The third-order valence-corrected chi connectivity index (χ3v) is 3.64. The molecule has 98 valence electrons. The zero-order chi connectivity index (χ0) is 13.0. The van der Waals surface area contributed by atoms with Crippen molar-refractivity contribution in [3.8, 4) is 11.5 Å². The van der Waals surface area contributed by atoms with Gasteiger partial charge in [0.2, 0.25) is 0 Å². The first-order valence-electron chi connectivity index (χ1n) is 6.31. The summed E-state index contributed by atoms with van der Waals surface area (Å²) >= 11 is 3.53. The number of rotatable bonds is 4. The second-order valence-corrected chi connectivity index (χ2v) is 5.12. The van der Waals surface area contributed by atoms with Gasteiger partial charge in [0.1, 0.15) is 6.29 Å². The Labute approximate surface area is 116 Å². The molecular weight excluding hydrogens is 296 g/mol. The molecule has 0 saturated carbocycles. The molecule has 0 bridgehead atoms. The number of carbonyl (C=O) groups is 1. The van der Waals surface area contributed by atoms with Crippen LogP contribution in [0.5, 0.6) is 11.5 Å². The van der Waals surface area contributed by atoms with Gasteiger partial charge in [-0.25, -0.2) is 0 Å². The summed E-state index contributed by atoms with van der Waals surface area (Å²) in [5.74, 6) is 1.66. The zero-order valence-electron chi connectivity index (χ0n) is 10.5. The van der Waals surface area contributed by atoms with Gasteiger partial charge in [-0.15, -0.1) is 0 Å². The van der Waals surface area contributed by atoms with Crippen molar-refractivity contribution in [1.29, 1.82) is 0 Å². The molecule has 1 heterocycles. The summed E-state index contributed by atoms with van der Waals surface area (Å²) in [4.78, 5) is 10.5. The van der Waals surface area contributed by atoms with E-state index in [-0.39, 0.29) is 0 Å². The molecule has 0 amide bonds. The highest BCUT2D eigenvalue weighted by Gasteiger charge is 2.20. The molecule has 3 nitrogen and oxygen atoms in total. The fourth-order valence-corrected chi connectivity index (χ4v) is 2.79. The summed E-state index contributed by atoms with van der Waals surface area (Å²) in [5, 5.41) is 0. The van der Waals surface area contributed by atoms with Crippen LogP contribution in [-0.4, -0.2) is 19.5 Å². The molecule has 0 aliphatic carbocycles. The van der Waals surface area contributed by atoms with E-state index >= 15 is 0 Å². The number of halogens is 1. The van der Waals surface area contributed by atoms with Gasteiger partial charge in [-0.3, -0.25) is 0 Å². The summed E-state index contributed by atoms with van der Waals surface area (Å²) < 4.78 is 12.5. The summed E-state index contributed by atoms with van der Waals surface area (Å²) in [6, 6.07) is 2.05. The number of aldehydes is 1. The van der Waals surface area contributed by atoms with Crippen molar-refractivity contribution in [2.45, 2.75) is 32.6 Å². The molecule has 0 radical (unpaired) electrons. The molecule has 1 aliphatic rings. The van der Waals surface area contributed by atoms with Crippen LogP contribution in [0.1, 0.15) is 30.9 Å². The number of ether oxygens (including phenoxy) is 2. The van der Waals surface area contributed by atoms with Crippen LogP contribution < -0.4 is 9.47 Å². The Hall–Kier alpha value is -1.03. The van der Waals surface area contributed by atoms with Gasteiger partial charge in [-0.05, 0) is 40.4 Å². The van der Waals surface area contributed by atoms with Crippen LogP contribution in [0, 0.1) is 0 Å². The minimum atomic E-state index is 0.541. The third-order valence-electron chi connectivity index (χ3n) is 3.05. The Kier molecular flexibility index (Phi) is 4.64. The van der Waals surface area contributed by atoms with Gasteiger partial charge in [0.25, 0.3) is 0 Å². The maximum Gasteiger partial charge on any atom is 0.175 e. The van der Waals surface area contributed by atoms with Crippen LogP contribution >= 0.6 is 15.9 Å². The largest absolute Gasteiger partial charge is 0.489 e. The Balaban J connectivity index is 2.46. The number of hydrogen-bond donors (Lipinski definition) is 0. The van der Waals surface area contributed by atoms with E-state index in [1.54, 1.807) is 0 Å². The highest BCUT2D eigenvalue weighted by atomic mass is 79.9. The fraction of sp³-hybridized carbons (Fsp3) is 0.500. The second kappa shape index (κ2) is 6.23. The Morgan fingerprint density at radius 3 is 2.72 bits per heavy atom. The van der Waals surface area contributed by atoms with E-state index in [4.69, 9.17) is 9.47 Å². The summed E-state index contributed by atoms with van der Waals surface area (Å²) in [7, 11) is 0. The predicted molar refractivity (Wildman–Crippen MR) is 73.5 cm³/mol. The molecule has 0 N–H and O–H groups in total. The molecule has 1 aromatic carbocycles. The highest BCUT2D eigenvalue weighted by Crippen LogP contribution is 2.42. The normalized spacial score (nSPS) is 14.1. The number of fused-ring (bicyclic) bond motifs is 1. The van der Waals surface area contributed by atoms with E-state index in [1.807, 2.05) is 0 Å². The topological polar surface area (TPSA) is 35.5 Å². The van der Waals surface area contributed by atoms with E-state index in [1.165, 1.54) is 5.56 Å². The molecule has 2 rings (SSSR count). The molecule has 0 atom stereocenters. The van der Waals surface area contributed by atoms with Crippen molar-refractivity contribution >= 4 is 22.2 Å². The molecule has 1 aliphatic heterocycles. The Morgan fingerprint density at radius 2 is 2.06 bits per heavy atom. The highest BCUT2D eigenvalue weighted by molar-refractivity contribution is 9.10. The number of hydrogen-bond acceptors (Lipinski definition) is 3. The second-order valence-electron chi connectivity index (χ2n) is 4.26. The minimum absolute atomic E-state index is 0.541. The quantitative estimate of drug-likeness (QED) is 0.800. The van der Waals surface area contributed by atoms with E-state index in [9.17, 15) is 4.79 Å². The smallest absolute Gasteiger partial charge is 0.175 e. The Morgan fingerprint density at radius 1 is 1.33 bits per heavy atom. The molecule has 0 fully saturated rings. The molecule has 1 aromatic rings. The van der Waals surface area contributed by atoms with Crippen molar-refractivity contribution in [3.05, 3.63) is 21.7 Å². The monoisotopic (exact) mass is 312 g/mol. The van der Waals surface area contributed by atoms with Gasteiger partial charge in [0.05, 0.1) is 17.7 Å². The fourth-order valence-electron chi connectivity index (χ4n) is 2.22. The lowest BCUT2D eigenvalue weighted by Crippen LogP contribution is -2.02. The molecule has 4 heteroatoms. The SMILES string of the molecule is CCc1c(CCC=O)cc(Br)c2c1OCCCO2. The van der Waals surface area contributed by atoms with E-state index < -0.39 is 0 Å². The lowest BCUT2D eigenvalue weighted by Gasteiger charge is -2.17. The molecule has 0 unspecified atom stereocenters.